The van der Waals surface area contributed by atoms with Crippen molar-refractivity contribution in [3.05, 3.63) is 23.8 Å². The van der Waals surface area contributed by atoms with E-state index < -0.39 is 6.10 Å². The molecule has 110 valence electrons. The number of nitrogens with zero attached hydrogens (tertiary/aromatic N) is 2. The number of rotatable bonds is 2. The molecule has 2 aliphatic heterocycles. The van der Waals surface area contributed by atoms with Gasteiger partial charge in [0.05, 0.1) is 19.3 Å². The quantitative estimate of drug-likeness (QED) is 0.669. The highest BCUT2D eigenvalue weighted by atomic mass is 16.6. The van der Waals surface area contributed by atoms with Crippen molar-refractivity contribution >= 4 is 16.9 Å². The summed E-state index contributed by atoms with van der Waals surface area (Å²) < 4.78 is 11.0. The maximum Gasteiger partial charge on any atom is 0.251 e. The van der Waals surface area contributed by atoms with Gasteiger partial charge in [-0.1, -0.05) is 0 Å². The molecule has 3 N–H and O–H groups in total. The minimum atomic E-state index is -0.622. The Hall–Kier alpha value is -2.03. The van der Waals surface area contributed by atoms with Crippen molar-refractivity contribution < 1.29 is 19.4 Å². The number of benzene rings is 1. The zero-order valence-corrected chi connectivity index (χ0v) is 11.0. The molecule has 0 saturated carbocycles. The Morgan fingerprint density at radius 2 is 2.05 bits per heavy atom. The van der Waals surface area contributed by atoms with Gasteiger partial charge in [-0.25, -0.2) is 0 Å². The molecular weight excluding hydrogens is 276 g/mol. The summed E-state index contributed by atoms with van der Waals surface area (Å²) in [5.74, 6) is -0.223. The summed E-state index contributed by atoms with van der Waals surface area (Å²) >= 11 is 0. The predicted octanol–water partition coefficient (Wildman–Crippen LogP) is -0.785. The van der Waals surface area contributed by atoms with E-state index in [-0.39, 0.29) is 30.8 Å². The molecule has 2 aromatic rings. The van der Waals surface area contributed by atoms with Crippen LogP contribution in [0.25, 0.3) is 11.0 Å². The van der Waals surface area contributed by atoms with Crippen LogP contribution in [-0.2, 0) is 9.47 Å². The Balaban J connectivity index is 1.50. The van der Waals surface area contributed by atoms with Gasteiger partial charge in [-0.3, -0.25) is 4.79 Å². The van der Waals surface area contributed by atoms with Crippen LogP contribution in [0.1, 0.15) is 10.4 Å². The van der Waals surface area contributed by atoms with Gasteiger partial charge in [-0.05, 0) is 18.2 Å². The van der Waals surface area contributed by atoms with Crippen LogP contribution in [0.2, 0.25) is 0 Å². The maximum absolute atomic E-state index is 12.3. The highest BCUT2D eigenvalue weighted by Crippen LogP contribution is 2.27. The minimum absolute atomic E-state index is 0.223. The Morgan fingerprint density at radius 1 is 1.24 bits per heavy atom. The van der Waals surface area contributed by atoms with E-state index in [0.717, 1.165) is 0 Å². The first-order chi connectivity index (χ1) is 10.2. The van der Waals surface area contributed by atoms with E-state index in [1.54, 1.807) is 18.2 Å². The Bertz CT molecular complexity index is 688. The van der Waals surface area contributed by atoms with Gasteiger partial charge >= 0.3 is 0 Å². The molecule has 1 aromatic heterocycles. The molecule has 0 unspecified atom stereocenters. The summed E-state index contributed by atoms with van der Waals surface area (Å²) in [7, 11) is 0. The van der Waals surface area contributed by atoms with E-state index in [0.29, 0.717) is 23.2 Å². The number of H-pyrrole nitrogens is 1. The molecule has 3 heterocycles. The third kappa shape index (κ3) is 2.08. The van der Waals surface area contributed by atoms with Crippen LogP contribution in [-0.4, -0.2) is 64.0 Å². The van der Waals surface area contributed by atoms with Gasteiger partial charge in [0.25, 0.3) is 5.91 Å². The van der Waals surface area contributed by atoms with Gasteiger partial charge in [0.15, 0.2) is 0 Å². The minimum Gasteiger partial charge on any atom is -0.388 e. The van der Waals surface area contributed by atoms with E-state index in [1.165, 1.54) is 0 Å². The number of fused-ring (bicyclic) bond motifs is 2. The average Bonchev–Trinajstić information content (AvgIpc) is 3.17. The van der Waals surface area contributed by atoms with Crippen molar-refractivity contribution in [2.75, 3.05) is 13.2 Å². The Kier molecular flexibility index (Phi) is 2.88. The SMILES string of the molecule is O=C(N[C@@H]1CO[C@H]2[C@@H]1OC[C@H]2O)c1ccc2n[nH]nc2c1. The molecule has 4 atom stereocenters. The first-order valence-corrected chi connectivity index (χ1v) is 6.75. The lowest BCUT2D eigenvalue weighted by molar-refractivity contribution is 0.0178. The fraction of sp³-hybridized carbons (Fsp3) is 0.462. The fourth-order valence-corrected chi connectivity index (χ4v) is 2.84. The molecule has 1 amide bonds. The summed E-state index contributed by atoms with van der Waals surface area (Å²) in [4.78, 5) is 12.3. The molecule has 0 bridgehead atoms. The van der Waals surface area contributed by atoms with Gasteiger partial charge in [-0.2, -0.15) is 15.4 Å². The molecule has 0 aliphatic carbocycles. The van der Waals surface area contributed by atoms with Gasteiger partial charge < -0.3 is 19.9 Å². The number of nitrogens with one attached hydrogen (secondary N) is 2. The number of hydrogen-bond donors (Lipinski definition) is 3. The molecule has 0 spiro atoms. The number of amides is 1. The lowest BCUT2D eigenvalue weighted by atomic mass is 10.1. The van der Waals surface area contributed by atoms with Gasteiger partial charge in [0.1, 0.15) is 29.3 Å². The van der Waals surface area contributed by atoms with Crippen molar-refractivity contribution in [2.45, 2.75) is 24.4 Å². The van der Waals surface area contributed by atoms with Crippen LogP contribution >= 0.6 is 0 Å². The molecule has 8 nitrogen and oxygen atoms in total. The first-order valence-electron chi connectivity index (χ1n) is 6.75. The summed E-state index contributed by atoms with van der Waals surface area (Å²) in [6, 6.07) is 4.84. The Morgan fingerprint density at radius 3 is 2.95 bits per heavy atom. The summed E-state index contributed by atoms with van der Waals surface area (Å²) in [6.45, 7) is 0.580. The molecule has 2 saturated heterocycles. The van der Waals surface area contributed by atoms with Crippen molar-refractivity contribution in [3.8, 4) is 0 Å². The van der Waals surface area contributed by atoms with Crippen LogP contribution in [0.5, 0.6) is 0 Å². The second-order valence-corrected chi connectivity index (χ2v) is 5.27. The van der Waals surface area contributed by atoms with Crippen molar-refractivity contribution in [1.29, 1.82) is 0 Å². The van der Waals surface area contributed by atoms with Crippen LogP contribution in [0.15, 0.2) is 18.2 Å². The van der Waals surface area contributed by atoms with E-state index in [1.807, 2.05) is 0 Å². The number of aromatic amines is 1. The molecule has 0 radical (unpaired) electrons. The number of carbonyl (C=O) groups excluding carboxylic acids is 1. The van der Waals surface area contributed by atoms with Crippen molar-refractivity contribution in [2.24, 2.45) is 0 Å². The monoisotopic (exact) mass is 290 g/mol. The third-order valence-corrected chi connectivity index (χ3v) is 3.92. The number of aliphatic hydroxyl groups is 1. The zero-order valence-electron chi connectivity index (χ0n) is 11.0. The van der Waals surface area contributed by atoms with Gasteiger partial charge in [-0.15, -0.1) is 0 Å². The molecule has 2 fully saturated rings. The van der Waals surface area contributed by atoms with E-state index in [2.05, 4.69) is 20.7 Å². The maximum atomic E-state index is 12.3. The molecule has 21 heavy (non-hydrogen) atoms. The van der Waals surface area contributed by atoms with Crippen LogP contribution in [0, 0.1) is 0 Å². The highest BCUT2D eigenvalue weighted by molar-refractivity contribution is 5.97. The van der Waals surface area contributed by atoms with Gasteiger partial charge in [0.2, 0.25) is 0 Å². The number of aliphatic hydroxyl groups excluding tert-OH is 1. The lowest BCUT2D eigenvalue weighted by Gasteiger charge is -2.17. The molecule has 4 rings (SSSR count). The molecule has 8 heteroatoms. The van der Waals surface area contributed by atoms with Crippen LogP contribution in [0.4, 0.5) is 0 Å². The third-order valence-electron chi connectivity index (χ3n) is 3.92. The van der Waals surface area contributed by atoms with Crippen LogP contribution in [0.3, 0.4) is 0 Å². The summed E-state index contributed by atoms with van der Waals surface area (Å²) in [6.07, 6.45) is -1.27. The molecular formula is C13H14N4O4. The fourth-order valence-electron chi connectivity index (χ4n) is 2.84. The summed E-state index contributed by atoms with van der Waals surface area (Å²) in [5, 5.41) is 23.0. The van der Waals surface area contributed by atoms with E-state index in [9.17, 15) is 9.90 Å². The largest absolute Gasteiger partial charge is 0.388 e. The first kappa shape index (κ1) is 12.7. The topological polar surface area (TPSA) is 109 Å². The highest BCUT2D eigenvalue weighted by Gasteiger charge is 2.47. The zero-order chi connectivity index (χ0) is 14.4. The lowest BCUT2D eigenvalue weighted by Crippen LogP contribution is -2.44. The van der Waals surface area contributed by atoms with E-state index >= 15 is 0 Å². The number of ether oxygens (including phenoxy) is 2. The van der Waals surface area contributed by atoms with Crippen molar-refractivity contribution in [3.63, 3.8) is 0 Å². The normalized spacial score (nSPS) is 31.5. The standard InChI is InChI=1S/C13H14N4O4/c18-10-5-21-11-9(4-20-12(10)11)14-13(19)6-1-2-7-8(3-6)16-17-15-7/h1-3,9-12,18H,4-5H2,(H,14,19)(H,15,16,17)/t9-,10-,11-,12-/m1/s1. The van der Waals surface area contributed by atoms with Crippen LogP contribution < -0.4 is 5.32 Å². The predicted molar refractivity (Wildman–Crippen MR) is 70.6 cm³/mol. The Labute approximate surface area is 119 Å². The molecule has 1 aromatic carbocycles. The van der Waals surface area contributed by atoms with Gasteiger partial charge in [0, 0.05) is 5.56 Å². The second-order valence-electron chi connectivity index (χ2n) is 5.27. The second kappa shape index (κ2) is 4.76. The molecule has 2 aliphatic rings. The number of carbonyl (C=O) groups is 1. The van der Waals surface area contributed by atoms with E-state index in [4.69, 9.17) is 9.47 Å². The average molecular weight is 290 g/mol. The smallest absolute Gasteiger partial charge is 0.251 e. The number of aromatic nitrogens is 3. The number of hydrogen-bond acceptors (Lipinski definition) is 6. The summed E-state index contributed by atoms with van der Waals surface area (Å²) in [5.41, 5.74) is 1.84. The van der Waals surface area contributed by atoms with Crippen molar-refractivity contribution in [1.82, 2.24) is 20.7 Å².